The summed E-state index contributed by atoms with van der Waals surface area (Å²) in [5.74, 6) is 0. The number of aromatic nitrogens is 3. The molecule has 0 N–H and O–H groups in total. The molecule has 2 aromatic rings. The predicted molar refractivity (Wildman–Crippen MR) is 94.9 cm³/mol. The zero-order valence-electron chi connectivity index (χ0n) is 13.9. The number of pyridine rings is 1. The van der Waals surface area contributed by atoms with Crippen LogP contribution in [0.4, 0.5) is 0 Å². The van der Waals surface area contributed by atoms with E-state index in [2.05, 4.69) is 29.7 Å². The summed E-state index contributed by atoms with van der Waals surface area (Å²) in [6, 6.07) is 4.94. The van der Waals surface area contributed by atoms with Gasteiger partial charge in [-0.25, -0.2) is 4.68 Å². The number of rotatable bonds is 8. The van der Waals surface area contributed by atoms with E-state index in [-0.39, 0.29) is 0 Å². The largest absolute Gasteiger partial charge is 0.360 e. The predicted octanol–water partition coefficient (Wildman–Crippen LogP) is 3.57. The van der Waals surface area contributed by atoms with Gasteiger partial charge in [-0.1, -0.05) is 37.9 Å². The SMILES string of the molecule is C[Si](C)(C)CCOCn1cc(/C=C/c2cccnc2)c(C=O)n1. The first-order chi connectivity index (χ1) is 11.0. The van der Waals surface area contributed by atoms with Gasteiger partial charge in [-0.05, 0) is 17.7 Å². The van der Waals surface area contributed by atoms with Gasteiger partial charge in [0, 0.05) is 38.8 Å². The second kappa shape index (κ2) is 7.98. The summed E-state index contributed by atoms with van der Waals surface area (Å²) in [5, 5.41) is 4.24. The molecule has 2 heterocycles. The van der Waals surface area contributed by atoms with Gasteiger partial charge in [0.25, 0.3) is 0 Å². The summed E-state index contributed by atoms with van der Waals surface area (Å²) >= 11 is 0. The smallest absolute Gasteiger partial charge is 0.170 e. The van der Waals surface area contributed by atoms with Crippen LogP contribution in [0.15, 0.2) is 30.7 Å². The highest BCUT2D eigenvalue weighted by atomic mass is 28.3. The third-order valence-corrected chi connectivity index (χ3v) is 5.00. The van der Waals surface area contributed by atoms with Crippen LogP contribution in [0.1, 0.15) is 21.6 Å². The molecule has 0 unspecified atom stereocenters. The highest BCUT2D eigenvalue weighted by Crippen LogP contribution is 2.11. The van der Waals surface area contributed by atoms with Crippen LogP contribution >= 0.6 is 0 Å². The molecule has 23 heavy (non-hydrogen) atoms. The maximum Gasteiger partial charge on any atom is 0.170 e. The molecule has 0 saturated heterocycles. The van der Waals surface area contributed by atoms with Crippen molar-refractivity contribution in [1.29, 1.82) is 0 Å². The molecule has 0 radical (unpaired) electrons. The molecule has 6 heteroatoms. The van der Waals surface area contributed by atoms with Crippen LogP contribution in [0.25, 0.3) is 12.2 Å². The molecule has 0 spiro atoms. The quantitative estimate of drug-likeness (QED) is 0.422. The van der Waals surface area contributed by atoms with Crippen LogP contribution in [0, 0.1) is 0 Å². The van der Waals surface area contributed by atoms with E-state index in [4.69, 9.17) is 4.74 Å². The van der Waals surface area contributed by atoms with Crippen molar-refractivity contribution in [2.45, 2.75) is 32.4 Å². The molecule has 2 aromatic heterocycles. The van der Waals surface area contributed by atoms with Crippen molar-refractivity contribution in [3.05, 3.63) is 47.5 Å². The Morgan fingerprint density at radius 3 is 2.78 bits per heavy atom. The van der Waals surface area contributed by atoms with Crippen molar-refractivity contribution in [1.82, 2.24) is 14.8 Å². The molecule has 0 amide bonds. The molecule has 0 atom stereocenters. The van der Waals surface area contributed by atoms with Crippen LogP contribution in [0.5, 0.6) is 0 Å². The fraction of sp³-hybridized carbons (Fsp3) is 0.353. The lowest BCUT2D eigenvalue weighted by molar-refractivity contribution is 0.0782. The monoisotopic (exact) mass is 329 g/mol. The molecular weight excluding hydrogens is 306 g/mol. The normalized spacial score (nSPS) is 12.0. The Morgan fingerprint density at radius 1 is 1.30 bits per heavy atom. The molecule has 0 bridgehead atoms. The second-order valence-corrected chi connectivity index (χ2v) is 12.2. The third kappa shape index (κ3) is 5.92. The summed E-state index contributed by atoms with van der Waals surface area (Å²) in [5.41, 5.74) is 2.17. The number of hydrogen-bond acceptors (Lipinski definition) is 4. The van der Waals surface area contributed by atoms with E-state index in [1.165, 1.54) is 0 Å². The van der Waals surface area contributed by atoms with Crippen molar-refractivity contribution in [3.63, 3.8) is 0 Å². The molecule has 0 aromatic carbocycles. The van der Waals surface area contributed by atoms with Crippen molar-refractivity contribution in [2.24, 2.45) is 0 Å². The molecule has 0 aliphatic heterocycles. The lowest BCUT2D eigenvalue weighted by atomic mass is 10.2. The molecule has 0 saturated carbocycles. The fourth-order valence-corrected chi connectivity index (χ4v) is 2.69. The zero-order chi connectivity index (χ0) is 16.7. The van der Waals surface area contributed by atoms with Crippen LogP contribution < -0.4 is 0 Å². The minimum Gasteiger partial charge on any atom is -0.360 e. The average molecular weight is 329 g/mol. The Kier molecular flexibility index (Phi) is 6.01. The van der Waals surface area contributed by atoms with Crippen LogP contribution in [-0.2, 0) is 11.5 Å². The second-order valence-electron chi connectivity index (χ2n) is 6.59. The highest BCUT2D eigenvalue weighted by molar-refractivity contribution is 6.76. The molecular formula is C17H23N3O2Si. The van der Waals surface area contributed by atoms with E-state index in [1.807, 2.05) is 30.5 Å². The zero-order valence-corrected chi connectivity index (χ0v) is 14.9. The van der Waals surface area contributed by atoms with E-state index in [9.17, 15) is 4.79 Å². The first-order valence-corrected chi connectivity index (χ1v) is 11.4. The minimum absolute atomic E-state index is 0.367. The van der Waals surface area contributed by atoms with E-state index >= 15 is 0 Å². The Hall–Kier alpha value is -2.05. The maximum atomic E-state index is 11.2. The van der Waals surface area contributed by atoms with Gasteiger partial charge in [0.2, 0.25) is 0 Å². The Bertz CT molecular complexity index is 660. The molecule has 0 aliphatic rings. The minimum atomic E-state index is -1.09. The molecule has 0 aliphatic carbocycles. The van der Waals surface area contributed by atoms with Crippen molar-refractivity contribution in [3.8, 4) is 0 Å². The van der Waals surface area contributed by atoms with Crippen molar-refractivity contribution in [2.75, 3.05) is 6.61 Å². The van der Waals surface area contributed by atoms with Gasteiger partial charge in [-0.15, -0.1) is 0 Å². The van der Waals surface area contributed by atoms with Crippen LogP contribution in [-0.4, -0.2) is 35.7 Å². The first kappa shape index (κ1) is 17.3. The Morgan fingerprint density at radius 2 is 2.13 bits per heavy atom. The van der Waals surface area contributed by atoms with Gasteiger partial charge in [0.15, 0.2) is 6.29 Å². The fourth-order valence-electron chi connectivity index (χ4n) is 1.93. The van der Waals surface area contributed by atoms with E-state index in [1.54, 1.807) is 17.1 Å². The molecule has 5 nitrogen and oxygen atoms in total. The third-order valence-electron chi connectivity index (χ3n) is 3.29. The number of nitrogens with zero attached hydrogens (tertiary/aromatic N) is 3. The number of aldehydes is 1. The lowest BCUT2D eigenvalue weighted by Gasteiger charge is -2.15. The molecule has 0 fully saturated rings. The van der Waals surface area contributed by atoms with Gasteiger partial charge in [0.05, 0.1) is 0 Å². The van der Waals surface area contributed by atoms with Gasteiger partial charge >= 0.3 is 0 Å². The average Bonchev–Trinajstić information content (AvgIpc) is 2.92. The van der Waals surface area contributed by atoms with Crippen molar-refractivity contribution < 1.29 is 9.53 Å². The topological polar surface area (TPSA) is 57.0 Å². The van der Waals surface area contributed by atoms with Crippen LogP contribution in [0.2, 0.25) is 25.7 Å². The van der Waals surface area contributed by atoms with E-state index in [0.717, 1.165) is 30.1 Å². The van der Waals surface area contributed by atoms with Crippen LogP contribution in [0.3, 0.4) is 0 Å². The Balaban J connectivity index is 1.97. The number of carbonyl (C=O) groups is 1. The summed E-state index contributed by atoms with van der Waals surface area (Å²) < 4.78 is 7.32. The van der Waals surface area contributed by atoms with Crippen molar-refractivity contribution >= 4 is 26.5 Å². The number of carbonyl (C=O) groups excluding carboxylic acids is 1. The van der Waals surface area contributed by atoms with E-state index < -0.39 is 8.07 Å². The van der Waals surface area contributed by atoms with Gasteiger partial charge in [0.1, 0.15) is 12.4 Å². The molecule has 2 rings (SSSR count). The van der Waals surface area contributed by atoms with Gasteiger partial charge in [-0.3, -0.25) is 9.78 Å². The van der Waals surface area contributed by atoms with E-state index in [0.29, 0.717) is 12.4 Å². The number of hydrogen-bond donors (Lipinski definition) is 0. The summed E-state index contributed by atoms with van der Waals surface area (Å²) in [6.45, 7) is 8.04. The summed E-state index contributed by atoms with van der Waals surface area (Å²) in [4.78, 5) is 15.2. The first-order valence-electron chi connectivity index (χ1n) is 7.66. The summed E-state index contributed by atoms with van der Waals surface area (Å²) in [6.07, 6.45) is 9.86. The summed E-state index contributed by atoms with van der Waals surface area (Å²) in [7, 11) is -1.09. The highest BCUT2D eigenvalue weighted by Gasteiger charge is 2.12. The molecule has 122 valence electrons. The van der Waals surface area contributed by atoms with Gasteiger partial charge in [-0.2, -0.15) is 5.10 Å². The lowest BCUT2D eigenvalue weighted by Crippen LogP contribution is -2.22. The number of ether oxygens (including phenoxy) is 1. The standard InChI is InChI=1S/C17H23N3O2Si/c1-23(2,3)10-9-22-14-20-12-16(17(13-21)19-20)7-6-15-5-4-8-18-11-15/h4-8,11-13H,9-10,14H2,1-3H3/b7-6+. The Labute approximate surface area is 138 Å². The maximum absolute atomic E-state index is 11.2. The van der Waals surface area contributed by atoms with Gasteiger partial charge < -0.3 is 4.74 Å².